The highest BCUT2D eigenvalue weighted by Crippen LogP contribution is 2.23. The van der Waals surface area contributed by atoms with Crippen molar-refractivity contribution in [3.05, 3.63) is 0 Å². The van der Waals surface area contributed by atoms with Crippen LogP contribution in [0.3, 0.4) is 0 Å². The molecule has 0 radical (unpaired) electrons. The van der Waals surface area contributed by atoms with E-state index in [2.05, 4.69) is 24.1 Å². The van der Waals surface area contributed by atoms with E-state index in [1.807, 2.05) is 0 Å². The molecule has 3 heteroatoms. The molecular weight excluding hydrogens is 212 g/mol. The summed E-state index contributed by atoms with van der Waals surface area (Å²) in [6.07, 6.45) is 7.48. The fourth-order valence-corrected chi connectivity index (χ4v) is 2.66. The Balaban J connectivity index is 2.41. The van der Waals surface area contributed by atoms with Crippen LogP contribution in [0.5, 0.6) is 0 Å². The van der Waals surface area contributed by atoms with Gasteiger partial charge in [0.05, 0.1) is 6.61 Å². The number of nitrogens with zero attached hydrogens (tertiary/aromatic N) is 1. The molecule has 1 heterocycles. The van der Waals surface area contributed by atoms with E-state index in [1.54, 1.807) is 0 Å². The monoisotopic (exact) mass is 242 g/mol. The lowest BCUT2D eigenvalue weighted by Gasteiger charge is -2.39. The first-order chi connectivity index (χ1) is 8.23. The summed E-state index contributed by atoms with van der Waals surface area (Å²) < 4.78 is 0. The highest BCUT2D eigenvalue weighted by molar-refractivity contribution is 4.87. The lowest BCUT2D eigenvalue weighted by Crippen LogP contribution is -2.50. The van der Waals surface area contributed by atoms with Crippen LogP contribution in [0.25, 0.3) is 0 Å². The largest absolute Gasteiger partial charge is 0.394 e. The molecule has 0 bridgehead atoms. The number of hydrogen-bond donors (Lipinski definition) is 2. The third-order valence-corrected chi connectivity index (χ3v) is 4.01. The highest BCUT2D eigenvalue weighted by atomic mass is 16.3. The molecule has 2 N–H and O–H groups in total. The minimum atomic E-state index is -0.000237. The summed E-state index contributed by atoms with van der Waals surface area (Å²) in [5.41, 5.74) is -0.000237. The first kappa shape index (κ1) is 14.9. The molecule has 1 atom stereocenters. The molecule has 0 aromatic rings. The van der Waals surface area contributed by atoms with E-state index in [4.69, 9.17) is 0 Å². The zero-order valence-corrected chi connectivity index (χ0v) is 11.7. The van der Waals surface area contributed by atoms with Crippen LogP contribution < -0.4 is 5.32 Å². The van der Waals surface area contributed by atoms with Gasteiger partial charge in [-0.05, 0) is 26.3 Å². The molecule has 1 unspecified atom stereocenters. The molecule has 0 saturated carbocycles. The van der Waals surface area contributed by atoms with Crippen molar-refractivity contribution in [1.82, 2.24) is 10.2 Å². The smallest absolute Gasteiger partial charge is 0.0612 e. The summed E-state index contributed by atoms with van der Waals surface area (Å²) in [5.74, 6) is 0. The predicted octanol–water partition coefficient (Wildman–Crippen LogP) is 2.00. The van der Waals surface area contributed by atoms with Gasteiger partial charge in [0.25, 0.3) is 0 Å². The molecule has 102 valence electrons. The molecule has 0 aromatic carbocycles. The molecule has 0 aromatic heterocycles. The van der Waals surface area contributed by atoms with Gasteiger partial charge in [-0.1, -0.05) is 32.6 Å². The van der Waals surface area contributed by atoms with Crippen LogP contribution in [0.1, 0.15) is 52.4 Å². The fourth-order valence-electron chi connectivity index (χ4n) is 2.66. The van der Waals surface area contributed by atoms with E-state index in [0.29, 0.717) is 6.61 Å². The molecule has 0 aliphatic carbocycles. The van der Waals surface area contributed by atoms with Crippen molar-refractivity contribution in [2.45, 2.75) is 57.9 Å². The second-order valence-corrected chi connectivity index (χ2v) is 5.56. The Bertz CT molecular complexity index is 191. The maximum absolute atomic E-state index is 9.72. The Hall–Kier alpha value is -0.120. The summed E-state index contributed by atoms with van der Waals surface area (Å²) in [6, 6.07) is 0. The average Bonchev–Trinajstić information content (AvgIpc) is 2.63. The molecule has 1 fully saturated rings. The van der Waals surface area contributed by atoms with Crippen molar-refractivity contribution in [3.63, 3.8) is 0 Å². The molecule has 0 spiro atoms. The van der Waals surface area contributed by atoms with Gasteiger partial charge < -0.3 is 10.4 Å². The minimum Gasteiger partial charge on any atom is -0.394 e. The Kier molecular flexibility index (Phi) is 7.09. The summed E-state index contributed by atoms with van der Waals surface area (Å²) >= 11 is 0. The Morgan fingerprint density at radius 2 is 2.00 bits per heavy atom. The third-order valence-electron chi connectivity index (χ3n) is 4.01. The zero-order chi connectivity index (χ0) is 12.6. The third kappa shape index (κ3) is 4.94. The van der Waals surface area contributed by atoms with Gasteiger partial charge in [-0.3, -0.25) is 4.90 Å². The fraction of sp³-hybridized carbons (Fsp3) is 1.00. The average molecular weight is 242 g/mol. The number of hydrogen-bond acceptors (Lipinski definition) is 3. The first-order valence-electron chi connectivity index (χ1n) is 7.29. The van der Waals surface area contributed by atoms with Gasteiger partial charge >= 0.3 is 0 Å². The molecule has 17 heavy (non-hydrogen) atoms. The lowest BCUT2D eigenvalue weighted by molar-refractivity contribution is 0.0389. The van der Waals surface area contributed by atoms with Crippen molar-refractivity contribution in [3.8, 4) is 0 Å². The Morgan fingerprint density at radius 1 is 1.18 bits per heavy atom. The van der Waals surface area contributed by atoms with Gasteiger partial charge in [-0.15, -0.1) is 0 Å². The summed E-state index contributed by atoms with van der Waals surface area (Å²) in [6.45, 7) is 9.14. The van der Waals surface area contributed by atoms with Gasteiger partial charge in [-0.2, -0.15) is 0 Å². The number of aliphatic hydroxyl groups is 1. The van der Waals surface area contributed by atoms with Crippen molar-refractivity contribution in [2.75, 3.05) is 32.8 Å². The molecule has 3 nitrogen and oxygen atoms in total. The Morgan fingerprint density at radius 3 is 2.71 bits per heavy atom. The number of unbranched alkanes of at least 4 members (excludes halogenated alkanes) is 3. The topological polar surface area (TPSA) is 35.5 Å². The van der Waals surface area contributed by atoms with Crippen LogP contribution in [-0.2, 0) is 0 Å². The van der Waals surface area contributed by atoms with Gasteiger partial charge in [0, 0.05) is 25.2 Å². The van der Waals surface area contributed by atoms with E-state index in [0.717, 1.165) is 32.6 Å². The minimum absolute atomic E-state index is 0.000237. The number of aliphatic hydroxyl groups excluding tert-OH is 1. The maximum Gasteiger partial charge on any atom is 0.0612 e. The van der Waals surface area contributed by atoms with Crippen LogP contribution in [0.15, 0.2) is 0 Å². The maximum atomic E-state index is 9.72. The molecular formula is C14H30N2O. The standard InChI is InChI=1S/C14H30N2O/c1-3-4-5-6-8-14(2,13-17)16-11-7-9-15-10-12-16/h15,17H,3-13H2,1-2H3. The van der Waals surface area contributed by atoms with Crippen LogP contribution in [0, 0.1) is 0 Å². The summed E-state index contributed by atoms with van der Waals surface area (Å²) in [5, 5.41) is 13.2. The quantitative estimate of drug-likeness (QED) is 0.670. The molecule has 1 aliphatic heterocycles. The van der Waals surface area contributed by atoms with Crippen molar-refractivity contribution in [1.29, 1.82) is 0 Å². The highest BCUT2D eigenvalue weighted by Gasteiger charge is 2.30. The van der Waals surface area contributed by atoms with E-state index in [1.165, 1.54) is 32.1 Å². The van der Waals surface area contributed by atoms with E-state index in [-0.39, 0.29) is 5.54 Å². The first-order valence-corrected chi connectivity index (χ1v) is 7.29. The summed E-state index contributed by atoms with van der Waals surface area (Å²) in [7, 11) is 0. The Labute approximate surface area is 107 Å². The van der Waals surface area contributed by atoms with Crippen LogP contribution in [0.4, 0.5) is 0 Å². The lowest BCUT2D eigenvalue weighted by atomic mass is 9.92. The van der Waals surface area contributed by atoms with Gasteiger partial charge in [0.2, 0.25) is 0 Å². The molecule has 1 rings (SSSR count). The van der Waals surface area contributed by atoms with Crippen LogP contribution in [-0.4, -0.2) is 48.3 Å². The van der Waals surface area contributed by atoms with E-state index >= 15 is 0 Å². The van der Waals surface area contributed by atoms with Gasteiger partial charge in [0.1, 0.15) is 0 Å². The molecule has 0 amide bonds. The van der Waals surface area contributed by atoms with E-state index in [9.17, 15) is 5.11 Å². The summed E-state index contributed by atoms with van der Waals surface area (Å²) in [4.78, 5) is 2.49. The van der Waals surface area contributed by atoms with Crippen molar-refractivity contribution >= 4 is 0 Å². The SMILES string of the molecule is CCCCCCC(C)(CO)N1CCCNCC1. The zero-order valence-electron chi connectivity index (χ0n) is 11.7. The number of rotatable bonds is 7. The van der Waals surface area contributed by atoms with Crippen LogP contribution >= 0.6 is 0 Å². The van der Waals surface area contributed by atoms with Crippen molar-refractivity contribution < 1.29 is 5.11 Å². The van der Waals surface area contributed by atoms with Crippen molar-refractivity contribution in [2.24, 2.45) is 0 Å². The normalized spacial score (nSPS) is 22.1. The molecule has 1 aliphatic rings. The second kappa shape index (κ2) is 8.06. The van der Waals surface area contributed by atoms with Crippen LogP contribution in [0.2, 0.25) is 0 Å². The predicted molar refractivity (Wildman–Crippen MR) is 73.3 cm³/mol. The number of nitrogens with one attached hydrogen (secondary N) is 1. The van der Waals surface area contributed by atoms with E-state index < -0.39 is 0 Å². The van der Waals surface area contributed by atoms with Gasteiger partial charge in [0.15, 0.2) is 0 Å². The van der Waals surface area contributed by atoms with Gasteiger partial charge in [-0.25, -0.2) is 0 Å². The molecule has 1 saturated heterocycles. The second-order valence-electron chi connectivity index (χ2n) is 5.56.